The Bertz CT molecular complexity index is 661. The number of rotatable bonds is 5. The van der Waals surface area contributed by atoms with Crippen LogP contribution in [0.3, 0.4) is 0 Å². The average Bonchev–Trinajstić information content (AvgIpc) is 3.14. The molecule has 1 N–H and O–H groups in total. The number of piperidine rings is 1. The summed E-state index contributed by atoms with van der Waals surface area (Å²) in [5.41, 5.74) is 1.08. The molecule has 1 amide bonds. The number of anilines is 1. The zero-order chi connectivity index (χ0) is 16.2. The first-order valence-corrected chi connectivity index (χ1v) is 8.11. The summed E-state index contributed by atoms with van der Waals surface area (Å²) in [6.07, 6.45) is 8.73. The van der Waals surface area contributed by atoms with Crippen LogP contribution in [-0.4, -0.2) is 44.4 Å². The molecule has 1 aliphatic rings. The van der Waals surface area contributed by atoms with Crippen molar-refractivity contribution in [3.8, 4) is 0 Å². The van der Waals surface area contributed by atoms with E-state index in [-0.39, 0.29) is 11.9 Å². The van der Waals surface area contributed by atoms with Gasteiger partial charge in [0.25, 0.3) is 0 Å². The Hall–Kier alpha value is -2.31. The number of amides is 1. The van der Waals surface area contributed by atoms with Gasteiger partial charge in [-0.15, -0.1) is 0 Å². The van der Waals surface area contributed by atoms with Crippen molar-refractivity contribution in [2.75, 3.05) is 18.0 Å². The maximum atomic E-state index is 12.2. The van der Waals surface area contributed by atoms with E-state index in [0.717, 1.165) is 43.9 Å². The predicted molar refractivity (Wildman–Crippen MR) is 88.1 cm³/mol. The summed E-state index contributed by atoms with van der Waals surface area (Å²) in [5.74, 6) is 1.22. The van der Waals surface area contributed by atoms with Crippen molar-refractivity contribution in [1.82, 2.24) is 24.6 Å². The highest BCUT2D eigenvalue weighted by Crippen LogP contribution is 2.18. The standard InChI is InChI=1S/C16H24N6O/c1-20-12-17-10-14(20)5-6-15(23)19-13-4-3-9-22(11-13)16-7-8-18-21(16)2/h7-8,10,12-13H,3-6,9,11H2,1-2H3,(H,19,23)/t13-/m1/s1. The number of nitrogens with zero attached hydrogens (tertiary/aromatic N) is 5. The van der Waals surface area contributed by atoms with Gasteiger partial charge in [0.05, 0.1) is 12.5 Å². The van der Waals surface area contributed by atoms with Gasteiger partial charge in [0.1, 0.15) is 5.82 Å². The van der Waals surface area contributed by atoms with Crippen LogP contribution >= 0.6 is 0 Å². The summed E-state index contributed by atoms with van der Waals surface area (Å²) < 4.78 is 3.84. The minimum Gasteiger partial charge on any atom is -0.355 e. The van der Waals surface area contributed by atoms with Gasteiger partial charge in [-0.3, -0.25) is 9.48 Å². The lowest BCUT2D eigenvalue weighted by atomic mass is 10.1. The minimum absolute atomic E-state index is 0.114. The van der Waals surface area contributed by atoms with Crippen molar-refractivity contribution >= 4 is 11.7 Å². The monoisotopic (exact) mass is 316 g/mol. The van der Waals surface area contributed by atoms with Gasteiger partial charge in [-0.05, 0) is 19.3 Å². The summed E-state index contributed by atoms with van der Waals surface area (Å²) in [4.78, 5) is 18.6. The Kier molecular flexibility index (Phi) is 4.64. The van der Waals surface area contributed by atoms with E-state index in [2.05, 4.69) is 20.3 Å². The zero-order valence-corrected chi connectivity index (χ0v) is 13.8. The van der Waals surface area contributed by atoms with Gasteiger partial charge in [-0.1, -0.05) is 0 Å². The molecule has 1 saturated heterocycles. The molecule has 0 aromatic carbocycles. The highest BCUT2D eigenvalue weighted by molar-refractivity contribution is 5.76. The van der Waals surface area contributed by atoms with E-state index in [0.29, 0.717) is 6.42 Å². The fourth-order valence-electron chi connectivity index (χ4n) is 3.15. The molecule has 0 aliphatic carbocycles. The molecular weight excluding hydrogens is 292 g/mol. The van der Waals surface area contributed by atoms with Gasteiger partial charge >= 0.3 is 0 Å². The van der Waals surface area contributed by atoms with Crippen LogP contribution in [0.4, 0.5) is 5.82 Å². The molecule has 0 unspecified atom stereocenters. The van der Waals surface area contributed by atoms with Gasteiger partial charge in [0.15, 0.2) is 0 Å². The zero-order valence-electron chi connectivity index (χ0n) is 13.8. The van der Waals surface area contributed by atoms with E-state index < -0.39 is 0 Å². The fourth-order valence-corrected chi connectivity index (χ4v) is 3.15. The van der Waals surface area contributed by atoms with Crippen molar-refractivity contribution in [3.05, 3.63) is 30.5 Å². The SMILES string of the molecule is Cn1cncc1CCC(=O)N[C@@H]1CCCN(c2ccnn2C)C1. The molecular formula is C16H24N6O. The lowest BCUT2D eigenvalue weighted by Crippen LogP contribution is -2.48. The quantitative estimate of drug-likeness (QED) is 0.889. The fraction of sp³-hybridized carbons (Fsp3) is 0.562. The molecule has 7 nitrogen and oxygen atoms in total. The first kappa shape index (κ1) is 15.6. The van der Waals surface area contributed by atoms with Crippen molar-refractivity contribution in [3.63, 3.8) is 0 Å². The molecule has 0 saturated carbocycles. The predicted octanol–water partition coefficient (Wildman–Crippen LogP) is 0.871. The summed E-state index contributed by atoms with van der Waals surface area (Å²) in [6, 6.07) is 2.23. The highest BCUT2D eigenvalue weighted by atomic mass is 16.1. The Morgan fingerprint density at radius 1 is 1.43 bits per heavy atom. The second-order valence-electron chi connectivity index (χ2n) is 6.16. The summed E-state index contributed by atoms with van der Waals surface area (Å²) in [7, 11) is 3.90. The van der Waals surface area contributed by atoms with Crippen LogP contribution in [0.2, 0.25) is 0 Å². The smallest absolute Gasteiger partial charge is 0.220 e. The largest absolute Gasteiger partial charge is 0.355 e. The third kappa shape index (κ3) is 3.72. The first-order valence-electron chi connectivity index (χ1n) is 8.11. The minimum atomic E-state index is 0.114. The summed E-state index contributed by atoms with van der Waals surface area (Å²) in [6.45, 7) is 1.86. The van der Waals surface area contributed by atoms with Crippen molar-refractivity contribution in [2.24, 2.45) is 14.1 Å². The van der Waals surface area contributed by atoms with Crippen LogP contribution < -0.4 is 10.2 Å². The normalized spacial score (nSPS) is 18.2. The van der Waals surface area contributed by atoms with Gasteiger partial charge in [0, 0.05) is 57.6 Å². The molecule has 3 heterocycles. The molecule has 124 valence electrons. The molecule has 7 heteroatoms. The van der Waals surface area contributed by atoms with E-state index in [9.17, 15) is 4.79 Å². The number of nitrogens with one attached hydrogen (secondary N) is 1. The Morgan fingerprint density at radius 2 is 2.30 bits per heavy atom. The molecule has 0 spiro atoms. The molecule has 1 fully saturated rings. The van der Waals surface area contributed by atoms with Crippen LogP contribution in [0.15, 0.2) is 24.8 Å². The Morgan fingerprint density at radius 3 is 3.00 bits per heavy atom. The molecule has 0 bridgehead atoms. The van der Waals surface area contributed by atoms with E-state index in [1.165, 1.54) is 0 Å². The van der Waals surface area contributed by atoms with Gasteiger partial charge in [-0.2, -0.15) is 5.10 Å². The van der Waals surface area contributed by atoms with Crippen molar-refractivity contribution in [2.45, 2.75) is 31.7 Å². The van der Waals surface area contributed by atoms with Crippen LogP contribution in [0, 0.1) is 0 Å². The van der Waals surface area contributed by atoms with Gasteiger partial charge in [0.2, 0.25) is 5.91 Å². The van der Waals surface area contributed by atoms with E-state index in [1.54, 1.807) is 6.33 Å². The number of hydrogen-bond acceptors (Lipinski definition) is 4. The lowest BCUT2D eigenvalue weighted by molar-refractivity contribution is -0.121. The topological polar surface area (TPSA) is 68.0 Å². The highest BCUT2D eigenvalue weighted by Gasteiger charge is 2.23. The number of hydrogen-bond donors (Lipinski definition) is 1. The number of imidazole rings is 1. The molecule has 23 heavy (non-hydrogen) atoms. The van der Waals surface area contributed by atoms with Crippen LogP contribution in [0.25, 0.3) is 0 Å². The Balaban J connectivity index is 1.50. The molecule has 1 atom stereocenters. The molecule has 0 radical (unpaired) electrons. The van der Waals surface area contributed by atoms with Crippen LogP contribution in [0.1, 0.15) is 25.0 Å². The summed E-state index contributed by atoms with van der Waals surface area (Å²) in [5, 5.41) is 7.40. The van der Waals surface area contributed by atoms with E-state index in [4.69, 9.17) is 0 Å². The number of aryl methyl sites for hydroxylation is 3. The number of aromatic nitrogens is 4. The summed E-state index contributed by atoms with van der Waals surface area (Å²) >= 11 is 0. The van der Waals surface area contributed by atoms with Crippen molar-refractivity contribution < 1.29 is 4.79 Å². The van der Waals surface area contributed by atoms with Crippen LogP contribution in [0.5, 0.6) is 0 Å². The third-order valence-corrected chi connectivity index (χ3v) is 4.43. The molecule has 1 aliphatic heterocycles. The Labute approximate surface area is 136 Å². The van der Waals surface area contributed by atoms with Crippen LogP contribution in [-0.2, 0) is 25.3 Å². The van der Waals surface area contributed by atoms with E-state index in [1.807, 2.05) is 41.8 Å². The third-order valence-electron chi connectivity index (χ3n) is 4.43. The maximum absolute atomic E-state index is 12.2. The average molecular weight is 316 g/mol. The molecule has 3 rings (SSSR count). The van der Waals surface area contributed by atoms with Crippen molar-refractivity contribution in [1.29, 1.82) is 0 Å². The van der Waals surface area contributed by atoms with Gasteiger partial charge < -0.3 is 14.8 Å². The lowest BCUT2D eigenvalue weighted by Gasteiger charge is -2.34. The second-order valence-corrected chi connectivity index (χ2v) is 6.16. The van der Waals surface area contributed by atoms with Gasteiger partial charge in [-0.25, -0.2) is 4.98 Å². The number of carbonyl (C=O) groups excluding carboxylic acids is 1. The maximum Gasteiger partial charge on any atom is 0.220 e. The first-order chi connectivity index (χ1) is 11.1. The molecule has 2 aromatic heterocycles. The van der Waals surface area contributed by atoms with E-state index >= 15 is 0 Å². The number of carbonyl (C=O) groups is 1. The second kappa shape index (κ2) is 6.85. The molecule has 2 aromatic rings.